The maximum absolute atomic E-state index is 12.9. The zero-order valence-corrected chi connectivity index (χ0v) is 20.6. The van der Waals surface area contributed by atoms with E-state index in [1.807, 2.05) is 41.8 Å². The van der Waals surface area contributed by atoms with Crippen molar-refractivity contribution in [1.29, 1.82) is 0 Å². The molecule has 1 aliphatic rings. The number of nitrogens with zero attached hydrogens (tertiary/aromatic N) is 2. The van der Waals surface area contributed by atoms with E-state index in [1.54, 1.807) is 28.4 Å². The van der Waals surface area contributed by atoms with Crippen molar-refractivity contribution in [3.8, 4) is 34.3 Å². The molecule has 180 valence electrons. The summed E-state index contributed by atoms with van der Waals surface area (Å²) in [5.41, 5.74) is 2.64. The number of aromatic nitrogens is 1. The van der Waals surface area contributed by atoms with Crippen LogP contribution in [-0.2, 0) is 4.79 Å². The molecule has 0 saturated carbocycles. The largest absolute Gasteiger partial charge is 0.497 e. The molecular weight excluding hydrogens is 454 g/mol. The summed E-state index contributed by atoms with van der Waals surface area (Å²) in [5, 5.41) is 5.40. The van der Waals surface area contributed by atoms with Crippen LogP contribution in [0.15, 0.2) is 41.8 Å². The molecule has 1 saturated heterocycles. The number of hydrogen-bond acceptors (Lipinski definition) is 8. The van der Waals surface area contributed by atoms with E-state index in [4.69, 9.17) is 18.9 Å². The van der Waals surface area contributed by atoms with Crippen molar-refractivity contribution >= 4 is 22.4 Å². The van der Waals surface area contributed by atoms with Gasteiger partial charge in [0.25, 0.3) is 0 Å². The predicted molar refractivity (Wildman–Crippen MR) is 132 cm³/mol. The van der Waals surface area contributed by atoms with Crippen LogP contribution < -0.4 is 24.3 Å². The Morgan fingerprint density at radius 3 is 2.44 bits per heavy atom. The molecule has 0 bridgehead atoms. The molecule has 4 rings (SSSR count). The normalized spacial score (nSPS) is 15.7. The number of benzene rings is 2. The first kappa shape index (κ1) is 23.8. The van der Waals surface area contributed by atoms with Gasteiger partial charge >= 0.3 is 0 Å². The molecule has 1 atom stereocenters. The third-order valence-electron chi connectivity index (χ3n) is 5.95. The van der Waals surface area contributed by atoms with Gasteiger partial charge in [0, 0.05) is 34.7 Å². The summed E-state index contributed by atoms with van der Waals surface area (Å²) >= 11 is 1.38. The molecule has 3 aromatic rings. The lowest BCUT2D eigenvalue weighted by Gasteiger charge is -2.25. The van der Waals surface area contributed by atoms with Gasteiger partial charge in [-0.1, -0.05) is 6.07 Å². The van der Waals surface area contributed by atoms with Crippen molar-refractivity contribution in [3.63, 3.8) is 0 Å². The van der Waals surface area contributed by atoms with Crippen LogP contribution in [0.3, 0.4) is 0 Å². The van der Waals surface area contributed by atoms with Gasteiger partial charge in [-0.2, -0.15) is 0 Å². The van der Waals surface area contributed by atoms with E-state index in [2.05, 4.69) is 15.2 Å². The zero-order chi connectivity index (χ0) is 24.1. The van der Waals surface area contributed by atoms with Gasteiger partial charge in [-0.25, -0.2) is 4.98 Å². The van der Waals surface area contributed by atoms with E-state index < -0.39 is 0 Å². The molecule has 2 aromatic carbocycles. The number of amides is 1. The number of rotatable bonds is 9. The van der Waals surface area contributed by atoms with Crippen molar-refractivity contribution in [2.24, 2.45) is 0 Å². The smallest absolute Gasteiger partial charge is 0.240 e. The number of nitrogens with one attached hydrogen (secondary N) is 1. The van der Waals surface area contributed by atoms with E-state index in [0.717, 1.165) is 47.7 Å². The number of methoxy groups -OCH3 is 4. The van der Waals surface area contributed by atoms with Crippen LogP contribution in [0, 0.1) is 0 Å². The number of hydrogen-bond donors (Lipinski definition) is 1. The highest BCUT2D eigenvalue weighted by Gasteiger charge is 2.30. The first-order valence-corrected chi connectivity index (χ1v) is 11.9. The lowest BCUT2D eigenvalue weighted by molar-refractivity contribution is -0.117. The van der Waals surface area contributed by atoms with Crippen LogP contribution in [0.5, 0.6) is 23.0 Å². The van der Waals surface area contributed by atoms with E-state index in [0.29, 0.717) is 16.6 Å². The first-order chi connectivity index (χ1) is 16.6. The summed E-state index contributed by atoms with van der Waals surface area (Å²) in [6, 6.07) is 11.5. The molecule has 1 fully saturated rings. The topological polar surface area (TPSA) is 82.2 Å². The lowest BCUT2D eigenvalue weighted by atomic mass is 10.0. The maximum atomic E-state index is 12.9. The van der Waals surface area contributed by atoms with Gasteiger partial charge in [0.1, 0.15) is 23.0 Å². The van der Waals surface area contributed by atoms with Crippen LogP contribution in [0.4, 0.5) is 5.13 Å². The van der Waals surface area contributed by atoms with E-state index in [1.165, 1.54) is 11.3 Å². The third-order valence-corrected chi connectivity index (χ3v) is 6.70. The fourth-order valence-corrected chi connectivity index (χ4v) is 5.00. The molecule has 0 radical (unpaired) electrons. The Bertz CT molecular complexity index is 1150. The second-order valence-corrected chi connectivity index (χ2v) is 8.75. The van der Waals surface area contributed by atoms with Crippen molar-refractivity contribution < 1.29 is 23.7 Å². The quantitative estimate of drug-likeness (QED) is 0.476. The maximum Gasteiger partial charge on any atom is 0.240 e. The molecule has 2 heterocycles. The Morgan fingerprint density at radius 2 is 1.74 bits per heavy atom. The van der Waals surface area contributed by atoms with E-state index in [9.17, 15) is 4.79 Å². The number of carbonyl (C=O) groups is 1. The van der Waals surface area contributed by atoms with Crippen molar-refractivity contribution in [3.05, 3.63) is 47.3 Å². The van der Waals surface area contributed by atoms with E-state index in [-0.39, 0.29) is 18.5 Å². The highest BCUT2D eigenvalue weighted by molar-refractivity contribution is 7.14. The number of likely N-dealkylation sites (tertiary alicyclic amines) is 1. The standard InChI is InChI=1S/C25H29N3O5S/c1-30-16-7-9-18(22(12-16)32-3)20-15-34-25(26-20)27-24(29)14-28-11-5-6-21(28)19-10-8-17(31-2)13-23(19)33-4/h7-10,12-13,15,21H,5-6,11,14H2,1-4H3,(H,26,27,29). The van der Waals surface area contributed by atoms with Crippen molar-refractivity contribution in [1.82, 2.24) is 9.88 Å². The lowest BCUT2D eigenvalue weighted by Crippen LogP contribution is -2.33. The van der Waals surface area contributed by atoms with E-state index >= 15 is 0 Å². The minimum Gasteiger partial charge on any atom is -0.497 e. The summed E-state index contributed by atoms with van der Waals surface area (Å²) < 4.78 is 21.7. The van der Waals surface area contributed by atoms with Crippen molar-refractivity contribution in [2.45, 2.75) is 18.9 Å². The summed E-state index contributed by atoms with van der Waals surface area (Å²) in [4.78, 5) is 19.7. The second-order valence-electron chi connectivity index (χ2n) is 7.89. The van der Waals surface area contributed by atoms with Crippen LogP contribution in [0.25, 0.3) is 11.3 Å². The molecule has 1 amide bonds. The zero-order valence-electron chi connectivity index (χ0n) is 19.8. The number of anilines is 1. The third kappa shape index (κ3) is 5.10. The van der Waals surface area contributed by atoms with Gasteiger partial charge < -0.3 is 24.3 Å². The molecule has 34 heavy (non-hydrogen) atoms. The molecule has 1 aliphatic heterocycles. The number of ether oxygens (including phenoxy) is 4. The van der Waals surface area contributed by atoms with Crippen LogP contribution in [0.2, 0.25) is 0 Å². The number of thiazole rings is 1. The predicted octanol–water partition coefficient (Wildman–Crippen LogP) is 4.62. The van der Waals surface area contributed by atoms with Gasteiger partial charge in [-0.15, -0.1) is 11.3 Å². The monoisotopic (exact) mass is 483 g/mol. The Hall–Kier alpha value is -3.30. The summed E-state index contributed by atoms with van der Waals surface area (Å²) in [6.45, 7) is 1.13. The van der Waals surface area contributed by atoms with Gasteiger partial charge in [0.15, 0.2) is 5.13 Å². The molecular formula is C25H29N3O5S. The molecule has 1 unspecified atom stereocenters. The van der Waals surface area contributed by atoms with Gasteiger partial charge in [0.2, 0.25) is 5.91 Å². The average molecular weight is 484 g/mol. The molecule has 8 nitrogen and oxygen atoms in total. The summed E-state index contributed by atoms with van der Waals surface area (Å²) in [6.07, 6.45) is 1.99. The molecule has 1 aromatic heterocycles. The fourth-order valence-electron chi connectivity index (χ4n) is 4.27. The highest BCUT2D eigenvalue weighted by atomic mass is 32.1. The Labute approximate surface area is 203 Å². The Balaban J connectivity index is 1.44. The fraction of sp³-hybridized carbons (Fsp3) is 0.360. The summed E-state index contributed by atoms with van der Waals surface area (Å²) in [7, 11) is 6.51. The highest BCUT2D eigenvalue weighted by Crippen LogP contribution is 2.39. The van der Waals surface area contributed by atoms with Crippen LogP contribution in [-0.4, -0.2) is 57.3 Å². The SMILES string of the molecule is COc1ccc(-c2csc(NC(=O)CN3CCCC3c3ccc(OC)cc3OC)n2)c(OC)c1. The average Bonchev–Trinajstić information content (AvgIpc) is 3.52. The molecule has 0 spiro atoms. The van der Waals surface area contributed by atoms with Gasteiger partial charge in [0.05, 0.1) is 40.7 Å². The summed E-state index contributed by atoms with van der Waals surface area (Å²) in [5.74, 6) is 2.79. The minimum absolute atomic E-state index is 0.0954. The Morgan fingerprint density at radius 1 is 1.03 bits per heavy atom. The second kappa shape index (κ2) is 10.8. The van der Waals surface area contributed by atoms with Crippen LogP contribution in [0.1, 0.15) is 24.4 Å². The van der Waals surface area contributed by atoms with Gasteiger partial charge in [-0.3, -0.25) is 9.69 Å². The van der Waals surface area contributed by atoms with Crippen LogP contribution >= 0.6 is 11.3 Å². The number of carbonyl (C=O) groups excluding carboxylic acids is 1. The molecule has 1 N–H and O–H groups in total. The first-order valence-electron chi connectivity index (χ1n) is 11.0. The molecule has 9 heteroatoms. The van der Waals surface area contributed by atoms with Gasteiger partial charge in [-0.05, 0) is 37.6 Å². The Kier molecular flexibility index (Phi) is 7.54. The molecule has 0 aliphatic carbocycles. The minimum atomic E-state index is -0.0954. The van der Waals surface area contributed by atoms with Crippen molar-refractivity contribution in [2.75, 3.05) is 46.8 Å².